The van der Waals surface area contributed by atoms with Crippen LogP contribution in [0.15, 0.2) is 237 Å². The van der Waals surface area contributed by atoms with Gasteiger partial charge in [-0.05, 0) is 130 Å². The molecule has 0 fully saturated rings. The first-order valence-corrected chi connectivity index (χ1v) is 21.1. The quantitative estimate of drug-likeness (QED) is 0.148. The van der Waals surface area contributed by atoms with Crippen molar-refractivity contribution in [3.05, 3.63) is 237 Å². The topological polar surface area (TPSA) is 4.93 Å². The molecular formula is C60H39N. The molecule has 1 heterocycles. The third-order valence-corrected chi connectivity index (χ3v) is 12.6. The molecule has 0 bridgehead atoms. The van der Waals surface area contributed by atoms with Crippen molar-refractivity contribution in [2.24, 2.45) is 0 Å². The molecule has 0 spiro atoms. The molecule has 1 heteroatoms. The van der Waals surface area contributed by atoms with Crippen molar-refractivity contribution in [3.63, 3.8) is 0 Å². The third kappa shape index (κ3) is 5.78. The summed E-state index contributed by atoms with van der Waals surface area (Å²) in [6.07, 6.45) is 0. The van der Waals surface area contributed by atoms with Crippen LogP contribution < -0.4 is 0 Å². The fourth-order valence-electron chi connectivity index (χ4n) is 9.88. The lowest BCUT2D eigenvalue weighted by Gasteiger charge is -2.19. The monoisotopic (exact) mass is 773 g/mol. The molecule has 0 radical (unpaired) electrons. The van der Waals surface area contributed by atoms with Crippen LogP contribution >= 0.6 is 0 Å². The Morgan fingerprint density at radius 3 is 1.38 bits per heavy atom. The van der Waals surface area contributed by atoms with Crippen LogP contribution in [0.25, 0.3) is 115 Å². The summed E-state index contributed by atoms with van der Waals surface area (Å²) in [7, 11) is 0. The summed E-state index contributed by atoms with van der Waals surface area (Å²) >= 11 is 0. The standard InChI is InChI=1S/C60H39N/c1-3-18-41(19-4-1)58-48-26-8-7-17-40(48)33-35-49(58)44-21-16-23-46(38-44)60-53-30-11-9-28-51(53)59(52-29-10-12-31-54(52)60)45-22-15-20-42(37-45)43-34-36-57-55(39-43)50-27-13-14-32-56(50)61(57)47-24-5-2-6-25-47/h1-39H. The summed E-state index contributed by atoms with van der Waals surface area (Å²) in [4.78, 5) is 0. The van der Waals surface area contributed by atoms with E-state index < -0.39 is 0 Å². The van der Waals surface area contributed by atoms with Gasteiger partial charge < -0.3 is 4.57 Å². The summed E-state index contributed by atoms with van der Waals surface area (Å²) in [5.74, 6) is 0. The van der Waals surface area contributed by atoms with Crippen LogP contribution in [-0.2, 0) is 0 Å². The molecule has 0 aliphatic heterocycles. The van der Waals surface area contributed by atoms with Gasteiger partial charge in [0.15, 0.2) is 0 Å². The fraction of sp³-hybridized carbons (Fsp3) is 0. The number of aromatic nitrogens is 1. The van der Waals surface area contributed by atoms with Gasteiger partial charge in [-0.1, -0.05) is 194 Å². The van der Waals surface area contributed by atoms with Crippen LogP contribution in [0.4, 0.5) is 0 Å². The van der Waals surface area contributed by atoms with Gasteiger partial charge in [-0.3, -0.25) is 0 Å². The number of rotatable bonds is 6. The van der Waals surface area contributed by atoms with Crippen LogP contribution in [-0.4, -0.2) is 4.57 Å². The van der Waals surface area contributed by atoms with E-state index in [4.69, 9.17) is 0 Å². The minimum absolute atomic E-state index is 1.17. The molecule has 0 aliphatic rings. The molecular weight excluding hydrogens is 735 g/mol. The first-order valence-electron chi connectivity index (χ1n) is 21.1. The Kier molecular flexibility index (Phi) is 8.25. The predicted octanol–water partition coefficient (Wildman–Crippen LogP) is 16.6. The van der Waals surface area contributed by atoms with Crippen molar-refractivity contribution in [2.75, 3.05) is 0 Å². The van der Waals surface area contributed by atoms with Gasteiger partial charge in [0.2, 0.25) is 0 Å². The number of nitrogens with zero attached hydrogens (tertiary/aromatic N) is 1. The van der Waals surface area contributed by atoms with Crippen molar-refractivity contribution >= 4 is 54.1 Å². The van der Waals surface area contributed by atoms with E-state index >= 15 is 0 Å². The number of hydrogen-bond acceptors (Lipinski definition) is 0. The first kappa shape index (κ1) is 35.0. The van der Waals surface area contributed by atoms with Crippen molar-refractivity contribution in [1.82, 2.24) is 4.57 Å². The lowest BCUT2D eigenvalue weighted by atomic mass is 9.84. The average Bonchev–Trinajstić information content (AvgIpc) is 3.67. The van der Waals surface area contributed by atoms with Crippen LogP contribution in [0, 0.1) is 0 Å². The highest BCUT2D eigenvalue weighted by Crippen LogP contribution is 2.46. The summed E-state index contributed by atoms with van der Waals surface area (Å²) in [6, 6.07) is 86.8. The minimum Gasteiger partial charge on any atom is -0.309 e. The predicted molar refractivity (Wildman–Crippen MR) is 260 cm³/mol. The highest BCUT2D eigenvalue weighted by molar-refractivity contribution is 6.22. The SMILES string of the molecule is c1ccc(-c2c(-c3cccc(-c4c5ccccc5c(-c5cccc(-c6ccc7c(c6)c6ccccc6n7-c6ccccc6)c5)c5ccccc45)c3)ccc3ccccc23)cc1. The molecule has 0 atom stereocenters. The van der Waals surface area contributed by atoms with Crippen LogP contribution in [0.2, 0.25) is 0 Å². The van der Waals surface area contributed by atoms with Crippen LogP contribution in [0.3, 0.4) is 0 Å². The van der Waals surface area contributed by atoms with Gasteiger partial charge >= 0.3 is 0 Å². The Labute approximate surface area is 355 Å². The second-order valence-electron chi connectivity index (χ2n) is 16.0. The Morgan fingerprint density at radius 2 is 0.705 bits per heavy atom. The molecule has 0 saturated carbocycles. The van der Waals surface area contributed by atoms with Gasteiger partial charge in [0, 0.05) is 16.5 Å². The maximum absolute atomic E-state index is 2.40. The van der Waals surface area contributed by atoms with Crippen molar-refractivity contribution in [2.45, 2.75) is 0 Å². The smallest absolute Gasteiger partial charge is 0.0541 e. The van der Waals surface area contributed by atoms with Crippen LogP contribution in [0.1, 0.15) is 0 Å². The van der Waals surface area contributed by atoms with E-state index in [2.05, 4.69) is 241 Å². The molecule has 284 valence electrons. The number of hydrogen-bond donors (Lipinski definition) is 0. The maximum Gasteiger partial charge on any atom is 0.0541 e. The molecule has 12 aromatic rings. The molecule has 0 N–H and O–H groups in total. The molecule has 0 unspecified atom stereocenters. The van der Waals surface area contributed by atoms with E-state index in [0.29, 0.717) is 0 Å². The zero-order valence-corrected chi connectivity index (χ0v) is 33.5. The zero-order valence-electron chi connectivity index (χ0n) is 33.5. The normalized spacial score (nSPS) is 11.6. The van der Waals surface area contributed by atoms with Gasteiger partial charge in [0.05, 0.1) is 11.0 Å². The second-order valence-corrected chi connectivity index (χ2v) is 16.0. The van der Waals surface area contributed by atoms with Crippen molar-refractivity contribution < 1.29 is 0 Å². The Balaban J connectivity index is 1.02. The lowest BCUT2D eigenvalue weighted by Crippen LogP contribution is -1.93. The summed E-state index contributed by atoms with van der Waals surface area (Å²) in [6.45, 7) is 0. The maximum atomic E-state index is 2.40. The molecule has 1 aromatic heterocycles. The fourth-order valence-corrected chi connectivity index (χ4v) is 9.88. The highest BCUT2D eigenvalue weighted by Gasteiger charge is 2.19. The summed E-state index contributed by atoms with van der Waals surface area (Å²) < 4.78 is 2.38. The van der Waals surface area contributed by atoms with Gasteiger partial charge in [0.25, 0.3) is 0 Å². The summed E-state index contributed by atoms with van der Waals surface area (Å²) in [5.41, 5.74) is 15.9. The first-order chi connectivity index (χ1) is 30.3. The van der Waals surface area contributed by atoms with Crippen molar-refractivity contribution in [3.8, 4) is 61.3 Å². The second kappa shape index (κ2) is 14.4. The third-order valence-electron chi connectivity index (χ3n) is 12.6. The summed E-state index contributed by atoms with van der Waals surface area (Å²) in [5, 5.41) is 10.0. The minimum atomic E-state index is 1.17. The zero-order chi connectivity index (χ0) is 40.3. The average molecular weight is 774 g/mol. The van der Waals surface area contributed by atoms with Gasteiger partial charge in [-0.15, -0.1) is 0 Å². The molecule has 0 aliphatic carbocycles. The number of benzene rings is 11. The van der Waals surface area contributed by atoms with E-state index in [1.54, 1.807) is 0 Å². The van der Waals surface area contributed by atoms with E-state index in [9.17, 15) is 0 Å². The largest absolute Gasteiger partial charge is 0.309 e. The Bertz CT molecular complexity index is 3570. The van der Waals surface area contributed by atoms with Gasteiger partial charge in [0.1, 0.15) is 0 Å². The Morgan fingerprint density at radius 1 is 0.230 bits per heavy atom. The highest BCUT2D eigenvalue weighted by atomic mass is 15.0. The van der Waals surface area contributed by atoms with E-state index in [-0.39, 0.29) is 0 Å². The van der Waals surface area contributed by atoms with Gasteiger partial charge in [-0.25, -0.2) is 0 Å². The van der Waals surface area contributed by atoms with E-state index in [1.165, 1.54) is 115 Å². The van der Waals surface area contributed by atoms with E-state index in [0.717, 1.165) is 0 Å². The lowest BCUT2D eigenvalue weighted by molar-refractivity contribution is 1.18. The molecule has 61 heavy (non-hydrogen) atoms. The molecule has 12 rings (SSSR count). The molecule has 0 amide bonds. The van der Waals surface area contributed by atoms with Crippen molar-refractivity contribution in [1.29, 1.82) is 0 Å². The Hall–Kier alpha value is -8.00. The van der Waals surface area contributed by atoms with Gasteiger partial charge in [-0.2, -0.15) is 0 Å². The molecule has 11 aromatic carbocycles. The number of fused-ring (bicyclic) bond motifs is 6. The molecule has 1 nitrogen and oxygen atoms in total. The molecule has 0 saturated heterocycles. The number of para-hydroxylation sites is 2. The van der Waals surface area contributed by atoms with Crippen LogP contribution in [0.5, 0.6) is 0 Å². The van der Waals surface area contributed by atoms with E-state index in [1.807, 2.05) is 0 Å².